The summed E-state index contributed by atoms with van der Waals surface area (Å²) in [6, 6.07) is 6.88. The van der Waals surface area contributed by atoms with E-state index in [-0.39, 0.29) is 13.0 Å². The highest BCUT2D eigenvalue weighted by molar-refractivity contribution is 5.89. The van der Waals surface area contributed by atoms with Gasteiger partial charge in [0.15, 0.2) is 0 Å². The van der Waals surface area contributed by atoms with Crippen molar-refractivity contribution in [3.63, 3.8) is 0 Å². The number of carbonyl (C=O) groups excluding carboxylic acids is 1. The zero-order valence-corrected chi connectivity index (χ0v) is 10.2. The number of hydrogen-bond acceptors (Lipinski definition) is 3. The first-order valence-electron chi connectivity index (χ1n) is 5.78. The quantitative estimate of drug-likeness (QED) is 0.776. The van der Waals surface area contributed by atoms with Crippen molar-refractivity contribution in [2.75, 3.05) is 20.2 Å². The Kier molecular flexibility index (Phi) is 3.61. The molecule has 1 saturated heterocycles. The second-order valence-electron chi connectivity index (χ2n) is 4.51. The van der Waals surface area contributed by atoms with Crippen LogP contribution in [-0.2, 0) is 11.3 Å². The molecule has 0 atom stereocenters. The Morgan fingerprint density at radius 2 is 2.28 bits per heavy atom. The van der Waals surface area contributed by atoms with Gasteiger partial charge in [-0.1, -0.05) is 12.1 Å². The number of ether oxygens (including phenoxy) is 1. The molecular formula is C13H15F2NO2. The molecule has 18 heavy (non-hydrogen) atoms. The van der Waals surface area contributed by atoms with Gasteiger partial charge in [-0.25, -0.2) is 13.6 Å². The van der Waals surface area contributed by atoms with Crippen LogP contribution >= 0.6 is 0 Å². The minimum Gasteiger partial charge on any atom is -0.465 e. The summed E-state index contributed by atoms with van der Waals surface area (Å²) in [5.74, 6) is -3.00. The van der Waals surface area contributed by atoms with Crippen molar-refractivity contribution in [2.45, 2.75) is 18.9 Å². The predicted octanol–water partition coefficient (Wildman–Crippen LogP) is 2.31. The fraction of sp³-hybridized carbons (Fsp3) is 0.462. The summed E-state index contributed by atoms with van der Waals surface area (Å²) in [4.78, 5) is 13.0. The second-order valence-corrected chi connectivity index (χ2v) is 4.51. The smallest absolute Gasteiger partial charge is 0.337 e. The van der Waals surface area contributed by atoms with Crippen molar-refractivity contribution in [3.8, 4) is 0 Å². The lowest BCUT2D eigenvalue weighted by Crippen LogP contribution is -2.24. The third kappa shape index (κ3) is 3.04. The van der Waals surface area contributed by atoms with Gasteiger partial charge in [-0.2, -0.15) is 0 Å². The van der Waals surface area contributed by atoms with Crippen LogP contribution in [0.2, 0.25) is 0 Å². The average molecular weight is 255 g/mol. The molecule has 1 aromatic rings. The van der Waals surface area contributed by atoms with Crippen molar-refractivity contribution in [1.82, 2.24) is 4.90 Å². The number of rotatable bonds is 3. The van der Waals surface area contributed by atoms with Crippen LogP contribution in [0, 0.1) is 0 Å². The highest BCUT2D eigenvalue weighted by atomic mass is 19.3. The summed E-state index contributed by atoms with van der Waals surface area (Å²) in [6.07, 6.45) is -0.0936. The lowest BCUT2D eigenvalue weighted by molar-refractivity contribution is 0.0115. The van der Waals surface area contributed by atoms with Gasteiger partial charge in [0.05, 0.1) is 19.2 Å². The van der Waals surface area contributed by atoms with Crippen LogP contribution in [-0.4, -0.2) is 37.0 Å². The number of alkyl halides is 2. The van der Waals surface area contributed by atoms with Crippen LogP contribution in [0.5, 0.6) is 0 Å². The Morgan fingerprint density at radius 3 is 2.89 bits per heavy atom. The van der Waals surface area contributed by atoms with E-state index in [1.807, 2.05) is 6.07 Å². The number of hydrogen-bond donors (Lipinski definition) is 0. The van der Waals surface area contributed by atoms with Crippen LogP contribution < -0.4 is 0 Å². The van der Waals surface area contributed by atoms with Crippen molar-refractivity contribution >= 4 is 5.97 Å². The van der Waals surface area contributed by atoms with E-state index in [0.29, 0.717) is 18.7 Å². The standard InChI is InChI=1S/C13H15F2NO2/c1-18-12(17)11-4-2-3-10(7-11)8-16-6-5-13(14,15)9-16/h2-4,7H,5-6,8-9H2,1H3. The van der Waals surface area contributed by atoms with Gasteiger partial charge in [-0.3, -0.25) is 4.90 Å². The van der Waals surface area contributed by atoms with Crippen LogP contribution in [0.1, 0.15) is 22.3 Å². The Labute approximate surface area is 104 Å². The molecule has 0 N–H and O–H groups in total. The summed E-state index contributed by atoms with van der Waals surface area (Å²) in [6.45, 7) is 0.603. The highest BCUT2D eigenvalue weighted by Crippen LogP contribution is 2.27. The molecule has 1 aromatic carbocycles. The Balaban J connectivity index is 2.04. The van der Waals surface area contributed by atoms with Gasteiger partial charge in [0, 0.05) is 19.5 Å². The molecule has 1 heterocycles. The molecule has 0 spiro atoms. The zero-order chi connectivity index (χ0) is 13.2. The third-order valence-electron chi connectivity index (χ3n) is 3.00. The molecule has 2 rings (SSSR count). The van der Waals surface area contributed by atoms with E-state index in [2.05, 4.69) is 4.74 Å². The minimum atomic E-state index is -2.58. The number of esters is 1. The molecule has 0 saturated carbocycles. The molecule has 98 valence electrons. The van der Waals surface area contributed by atoms with E-state index in [1.54, 1.807) is 23.1 Å². The van der Waals surface area contributed by atoms with Crippen molar-refractivity contribution in [1.29, 1.82) is 0 Å². The molecule has 0 aliphatic carbocycles. The normalized spacial score (nSPS) is 18.8. The maximum Gasteiger partial charge on any atom is 0.337 e. The van der Waals surface area contributed by atoms with Gasteiger partial charge in [0.2, 0.25) is 0 Å². The highest BCUT2D eigenvalue weighted by Gasteiger charge is 2.37. The number of methoxy groups -OCH3 is 1. The van der Waals surface area contributed by atoms with E-state index >= 15 is 0 Å². The monoisotopic (exact) mass is 255 g/mol. The summed E-state index contributed by atoms with van der Waals surface area (Å²) >= 11 is 0. The molecule has 5 heteroatoms. The van der Waals surface area contributed by atoms with E-state index in [0.717, 1.165) is 5.56 Å². The number of carbonyl (C=O) groups is 1. The van der Waals surface area contributed by atoms with Gasteiger partial charge in [0.1, 0.15) is 0 Å². The fourth-order valence-corrected chi connectivity index (χ4v) is 2.11. The fourth-order valence-electron chi connectivity index (χ4n) is 2.11. The molecule has 0 amide bonds. The SMILES string of the molecule is COC(=O)c1cccc(CN2CCC(F)(F)C2)c1. The zero-order valence-electron chi connectivity index (χ0n) is 10.2. The Bertz CT molecular complexity index is 448. The summed E-state index contributed by atoms with van der Waals surface area (Å²) in [5, 5.41) is 0. The largest absolute Gasteiger partial charge is 0.465 e. The van der Waals surface area contributed by atoms with Gasteiger partial charge in [-0.15, -0.1) is 0 Å². The molecular weight excluding hydrogens is 240 g/mol. The molecule has 1 fully saturated rings. The molecule has 0 bridgehead atoms. The topological polar surface area (TPSA) is 29.5 Å². The molecule has 1 aliphatic rings. The predicted molar refractivity (Wildman–Crippen MR) is 62.6 cm³/mol. The van der Waals surface area contributed by atoms with E-state index in [1.165, 1.54) is 7.11 Å². The first-order chi connectivity index (χ1) is 8.50. The first-order valence-corrected chi connectivity index (χ1v) is 5.78. The lowest BCUT2D eigenvalue weighted by Gasteiger charge is -2.15. The number of benzene rings is 1. The summed E-state index contributed by atoms with van der Waals surface area (Å²) in [5.41, 5.74) is 1.29. The van der Waals surface area contributed by atoms with Crippen LogP contribution in [0.15, 0.2) is 24.3 Å². The molecule has 0 radical (unpaired) electrons. The molecule has 1 aliphatic heterocycles. The molecule has 0 aromatic heterocycles. The molecule has 0 unspecified atom stereocenters. The number of halogens is 2. The maximum absolute atomic E-state index is 13.0. The van der Waals surface area contributed by atoms with Crippen LogP contribution in [0.3, 0.4) is 0 Å². The van der Waals surface area contributed by atoms with Crippen molar-refractivity contribution in [2.24, 2.45) is 0 Å². The second kappa shape index (κ2) is 5.02. The molecule has 3 nitrogen and oxygen atoms in total. The first kappa shape index (κ1) is 13.0. The van der Waals surface area contributed by atoms with Crippen molar-refractivity contribution in [3.05, 3.63) is 35.4 Å². The summed E-state index contributed by atoms with van der Waals surface area (Å²) in [7, 11) is 1.32. The van der Waals surface area contributed by atoms with Crippen LogP contribution in [0.4, 0.5) is 8.78 Å². The number of likely N-dealkylation sites (tertiary alicyclic amines) is 1. The number of nitrogens with zero attached hydrogens (tertiary/aromatic N) is 1. The average Bonchev–Trinajstić information content (AvgIpc) is 2.68. The van der Waals surface area contributed by atoms with Crippen molar-refractivity contribution < 1.29 is 18.3 Å². The van der Waals surface area contributed by atoms with E-state index < -0.39 is 11.9 Å². The Morgan fingerprint density at radius 1 is 1.50 bits per heavy atom. The maximum atomic E-state index is 13.0. The lowest BCUT2D eigenvalue weighted by atomic mass is 10.1. The van der Waals surface area contributed by atoms with Gasteiger partial charge in [-0.05, 0) is 17.7 Å². The third-order valence-corrected chi connectivity index (χ3v) is 3.00. The minimum absolute atomic E-state index is 0.0936. The van der Waals surface area contributed by atoms with E-state index in [4.69, 9.17) is 0 Å². The Hall–Kier alpha value is -1.49. The summed E-state index contributed by atoms with van der Waals surface area (Å²) < 4.78 is 30.7. The van der Waals surface area contributed by atoms with Gasteiger partial charge < -0.3 is 4.74 Å². The van der Waals surface area contributed by atoms with Crippen LogP contribution in [0.25, 0.3) is 0 Å². The van der Waals surface area contributed by atoms with E-state index in [9.17, 15) is 13.6 Å². The van der Waals surface area contributed by atoms with Gasteiger partial charge in [0.25, 0.3) is 5.92 Å². The van der Waals surface area contributed by atoms with Gasteiger partial charge >= 0.3 is 5.97 Å².